The highest BCUT2D eigenvalue weighted by Crippen LogP contribution is 2.21. The Balaban J connectivity index is 1.27. The zero-order valence-electron chi connectivity index (χ0n) is 25.9. The Hall–Kier alpha value is -3.08. The second-order valence-corrected chi connectivity index (χ2v) is 13.0. The first-order chi connectivity index (χ1) is 21.9. The Kier molecular flexibility index (Phi) is 12.2. The molecule has 0 radical (unpaired) electrons. The van der Waals surface area contributed by atoms with Crippen LogP contribution in [0.1, 0.15) is 81.8 Å². The van der Waals surface area contributed by atoms with E-state index < -0.39 is 29.6 Å². The minimum atomic E-state index is -0.994. The molecule has 2 amide bonds. The number of hydrogen-bond donors (Lipinski definition) is 4. The molecule has 1 aromatic carbocycles. The molecule has 244 valence electrons. The SMILES string of the molecule is O=C(N[C@@H](Cc1ccc(F)c(F)c1)C(=O)NCc1c[nH]c2ncc(Cl)cc12)C(CCCCN1CCCCC1)NC1CCCCC1. The van der Waals surface area contributed by atoms with Crippen LogP contribution in [0.15, 0.2) is 36.7 Å². The Morgan fingerprint density at radius 2 is 1.76 bits per heavy atom. The van der Waals surface area contributed by atoms with E-state index in [0.29, 0.717) is 22.7 Å². The molecule has 1 aliphatic carbocycles. The molecule has 1 saturated heterocycles. The van der Waals surface area contributed by atoms with Gasteiger partial charge in [0.25, 0.3) is 0 Å². The van der Waals surface area contributed by atoms with Gasteiger partial charge in [0, 0.05) is 36.8 Å². The van der Waals surface area contributed by atoms with Crippen molar-refractivity contribution < 1.29 is 18.4 Å². The molecule has 4 N–H and O–H groups in total. The maximum Gasteiger partial charge on any atom is 0.243 e. The van der Waals surface area contributed by atoms with Gasteiger partial charge in [-0.2, -0.15) is 0 Å². The Bertz CT molecular complexity index is 1420. The number of piperidine rings is 1. The summed E-state index contributed by atoms with van der Waals surface area (Å²) in [6.07, 6.45) is 15.2. The van der Waals surface area contributed by atoms with Gasteiger partial charge in [0.1, 0.15) is 11.7 Å². The number of fused-ring (bicyclic) bond motifs is 1. The number of hydrogen-bond acceptors (Lipinski definition) is 5. The molecule has 2 aliphatic rings. The van der Waals surface area contributed by atoms with Crippen molar-refractivity contribution in [2.24, 2.45) is 0 Å². The predicted molar refractivity (Wildman–Crippen MR) is 173 cm³/mol. The van der Waals surface area contributed by atoms with Crippen LogP contribution in [-0.4, -0.2) is 64.4 Å². The third kappa shape index (κ3) is 9.70. The smallest absolute Gasteiger partial charge is 0.243 e. The summed E-state index contributed by atoms with van der Waals surface area (Å²) in [5.74, 6) is -2.62. The van der Waals surface area contributed by atoms with E-state index in [1.165, 1.54) is 31.7 Å². The topological polar surface area (TPSA) is 102 Å². The fourth-order valence-electron chi connectivity index (χ4n) is 6.58. The number of pyridine rings is 1. The summed E-state index contributed by atoms with van der Waals surface area (Å²) in [5.41, 5.74) is 1.85. The number of aromatic nitrogens is 2. The Labute approximate surface area is 269 Å². The average molecular weight is 643 g/mol. The highest BCUT2D eigenvalue weighted by Gasteiger charge is 2.28. The first-order valence-electron chi connectivity index (χ1n) is 16.5. The molecule has 2 atom stereocenters. The van der Waals surface area contributed by atoms with E-state index in [0.717, 1.165) is 81.2 Å². The van der Waals surface area contributed by atoms with Gasteiger partial charge in [0.2, 0.25) is 11.8 Å². The molecule has 0 spiro atoms. The summed E-state index contributed by atoms with van der Waals surface area (Å²) in [4.78, 5) is 37.3. The lowest BCUT2D eigenvalue weighted by atomic mass is 9.94. The monoisotopic (exact) mass is 642 g/mol. The molecule has 2 aromatic heterocycles. The Morgan fingerprint density at radius 3 is 2.53 bits per heavy atom. The van der Waals surface area contributed by atoms with E-state index in [1.807, 2.05) is 0 Å². The summed E-state index contributed by atoms with van der Waals surface area (Å²) in [7, 11) is 0. The summed E-state index contributed by atoms with van der Waals surface area (Å²) >= 11 is 6.14. The van der Waals surface area contributed by atoms with Crippen molar-refractivity contribution in [3.05, 3.63) is 64.4 Å². The third-order valence-corrected chi connectivity index (χ3v) is 9.32. The van der Waals surface area contributed by atoms with Crippen molar-refractivity contribution in [2.45, 2.75) is 102 Å². The molecule has 1 saturated carbocycles. The molecule has 1 aliphatic heterocycles. The summed E-state index contributed by atoms with van der Waals surface area (Å²) in [6, 6.07) is 4.16. The fraction of sp³-hybridized carbons (Fsp3) is 0.559. The van der Waals surface area contributed by atoms with Gasteiger partial charge >= 0.3 is 0 Å². The van der Waals surface area contributed by atoms with Gasteiger partial charge in [-0.15, -0.1) is 0 Å². The van der Waals surface area contributed by atoms with E-state index in [-0.39, 0.29) is 24.9 Å². The highest BCUT2D eigenvalue weighted by molar-refractivity contribution is 6.31. The molecule has 2 fully saturated rings. The van der Waals surface area contributed by atoms with Crippen molar-refractivity contribution in [1.82, 2.24) is 30.8 Å². The van der Waals surface area contributed by atoms with Crippen molar-refractivity contribution in [3.63, 3.8) is 0 Å². The van der Waals surface area contributed by atoms with E-state index >= 15 is 0 Å². The lowest BCUT2D eigenvalue weighted by Gasteiger charge is -2.30. The van der Waals surface area contributed by atoms with Gasteiger partial charge in [-0.1, -0.05) is 49.8 Å². The highest BCUT2D eigenvalue weighted by atomic mass is 35.5. The third-order valence-electron chi connectivity index (χ3n) is 9.12. The second kappa shape index (κ2) is 16.5. The van der Waals surface area contributed by atoms with Crippen LogP contribution < -0.4 is 16.0 Å². The lowest BCUT2D eigenvalue weighted by molar-refractivity contribution is -0.130. The molecule has 11 heteroatoms. The number of likely N-dealkylation sites (tertiary alicyclic amines) is 1. The van der Waals surface area contributed by atoms with E-state index in [9.17, 15) is 18.4 Å². The number of unbranched alkanes of at least 4 members (excludes halogenated alkanes) is 1. The van der Waals surface area contributed by atoms with E-state index in [1.54, 1.807) is 18.5 Å². The zero-order valence-corrected chi connectivity index (χ0v) is 26.6. The van der Waals surface area contributed by atoms with Gasteiger partial charge < -0.3 is 25.8 Å². The minimum Gasteiger partial charge on any atom is -0.350 e. The standard InChI is InChI=1S/C34H45ClF2N6O2/c35-25-19-27-24(20-38-32(27)39-22-25)21-40-33(44)31(18-23-12-13-28(36)29(37)17-23)42-34(45)30(41-26-9-3-1-4-10-26)11-5-8-16-43-14-6-2-7-15-43/h12-13,17,19-20,22,26,30-31,41H,1-11,14-16,18,21H2,(H,38,39)(H,40,44)(H,42,45)/t30?,31-/m0/s1. The van der Waals surface area contributed by atoms with Gasteiger partial charge in [-0.3, -0.25) is 9.59 Å². The number of nitrogens with zero attached hydrogens (tertiary/aromatic N) is 2. The summed E-state index contributed by atoms with van der Waals surface area (Å²) in [6.45, 7) is 3.50. The number of carbonyl (C=O) groups excluding carboxylic acids is 2. The van der Waals surface area contributed by atoms with E-state index in [4.69, 9.17) is 11.6 Å². The molecule has 3 heterocycles. The number of carbonyl (C=O) groups is 2. The van der Waals surface area contributed by atoms with Gasteiger partial charge in [0.05, 0.1) is 11.1 Å². The molecular weight excluding hydrogens is 598 g/mol. The van der Waals surface area contributed by atoms with Gasteiger partial charge in [-0.05, 0) is 87.5 Å². The Morgan fingerprint density at radius 1 is 0.978 bits per heavy atom. The van der Waals surface area contributed by atoms with Crippen molar-refractivity contribution in [3.8, 4) is 0 Å². The molecule has 45 heavy (non-hydrogen) atoms. The van der Waals surface area contributed by atoms with Crippen LogP contribution in [0.5, 0.6) is 0 Å². The number of rotatable bonds is 14. The minimum absolute atomic E-state index is 0.0150. The van der Waals surface area contributed by atoms with E-state index in [2.05, 4.69) is 30.8 Å². The number of H-pyrrole nitrogens is 1. The molecule has 5 rings (SSSR count). The van der Waals surface area contributed by atoms with Crippen LogP contribution in [-0.2, 0) is 22.6 Å². The van der Waals surface area contributed by atoms with Crippen LogP contribution >= 0.6 is 11.6 Å². The van der Waals surface area contributed by atoms with Crippen molar-refractivity contribution >= 4 is 34.4 Å². The van der Waals surface area contributed by atoms with Gasteiger partial charge in [0.15, 0.2) is 11.6 Å². The number of aromatic amines is 1. The largest absolute Gasteiger partial charge is 0.350 e. The van der Waals surface area contributed by atoms with Crippen LogP contribution in [0.25, 0.3) is 11.0 Å². The maximum atomic E-state index is 14.1. The van der Waals surface area contributed by atoms with Crippen LogP contribution in [0, 0.1) is 11.6 Å². The average Bonchev–Trinajstić information content (AvgIpc) is 3.45. The summed E-state index contributed by atoms with van der Waals surface area (Å²) in [5, 5.41) is 10.8. The first-order valence-corrected chi connectivity index (χ1v) is 16.9. The van der Waals surface area contributed by atoms with Crippen LogP contribution in [0.2, 0.25) is 5.02 Å². The molecular formula is C34H45ClF2N6O2. The summed E-state index contributed by atoms with van der Waals surface area (Å²) < 4.78 is 27.8. The normalized spacial score (nSPS) is 17.7. The van der Waals surface area contributed by atoms with Crippen LogP contribution in [0.4, 0.5) is 8.78 Å². The number of amides is 2. The van der Waals surface area contributed by atoms with Crippen LogP contribution in [0.3, 0.4) is 0 Å². The second-order valence-electron chi connectivity index (χ2n) is 12.5. The quantitative estimate of drug-likeness (QED) is 0.167. The van der Waals surface area contributed by atoms with Crippen molar-refractivity contribution in [2.75, 3.05) is 19.6 Å². The predicted octanol–water partition coefficient (Wildman–Crippen LogP) is 5.79. The molecule has 8 nitrogen and oxygen atoms in total. The van der Waals surface area contributed by atoms with Crippen molar-refractivity contribution in [1.29, 1.82) is 0 Å². The first kappa shape index (κ1) is 33.3. The number of halogens is 3. The lowest BCUT2D eigenvalue weighted by Crippen LogP contribution is -2.55. The number of benzene rings is 1. The molecule has 0 bridgehead atoms. The number of nitrogens with one attached hydrogen (secondary N) is 4. The molecule has 1 unspecified atom stereocenters. The maximum absolute atomic E-state index is 14.1. The van der Waals surface area contributed by atoms with Gasteiger partial charge in [-0.25, -0.2) is 13.8 Å². The fourth-order valence-corrected chi connectivity index (χ4v) is 6.74. The zero-order chi connectivity index (χ0) is 31.6. The molecule has 3 aromatic rings.